The highest BCUT2D eigenvalue weighted by atomic mass is 16.6. The molecule has 0 bridgehead atoms. The van der Waals surface area contributed by atoms with Crippen LogP contribution in [0.2, 0.25) is 0 Å². The molecule has 0 aliphatic rings. The van der Waals surface area contributed by atoms with E-state index in [0.717, 1.165) is 19.7 Å². The molecule has 0 aromatic heterocycles. The summed E-state index contributed by atoms with van der Waals surface area (Å²) in [5.74, 6) is 0.672. The minimum Gasteiger partial charge on any atom is -0.378 e. The molecule has 0 aromatic carbocycles. The fourth-order valence-electron chi connectivity index (χ4n) is 1.92. The van der Waals surface area contributed by atoms with Crippen LogP contribution in [-0.2, 0) is 28.4 Å². The Morgan fingerprint density at radius 3 is 1.33 bits per heavy atom. The van der Waals surface area contributed by atoms with Gasteiger partial charge in [0.2, 0.25) is 0 Å². The quantitative estimate of drug-likeness (QED) is 0.318. The largest absolute Gasteiger partial charge is 0.378 e. The smallest absolute Gasteiger partial charge is 0.0707 e. The zero-order chi connectivity index (χ0) is 20.2. The molecule has 0 spiro atoms. The minimum absolute atomic E-state index is 0.113. The lowest BCUT2D eigenvalue weighted by molar-refractivity contribution is -0.0464. The van der Waals surface area contributed by atoms with E-state index in [9.17, 15) is 0 Å². The summed E-state index contributed by atoms with van der Waals surface area (Å²) in [4.78, 5) is 0. The summed E-state index contributed by atoms with van der Waals surface area (Å²) >= 11 is 0. The van der Waals surface area contributed by atoms with E-state index in [4.69, 9.17) is 28.4 Å². The molecule has 0 aromatic rings. The van der Waals surface area contributed by atoms with E-state index in [1.54, 1.807) is 0 Å². The molecule has 7 heteroatoms. The first-order valence-electron chi connectivity index (χ1n) is 10.1. The lowest BCUT2D eigenvalue weighted by Crippen LogP contribution is -2.24. The maximum atomic E-state index is 5.56. The zero-order valence-corrected chi connectivity index (χ0v) is 18.2. The monoisotopic (exact) mass is 393 g/mol. The summed E-state index contributed by atoms with van der Waals surface area (Å²) in [6, 6.07) is 0. The SMILES string of the molecule is CC(C)CNCCOCCOCCOCCOCCOCCOC(C)(C)C. The Balaban J connectivity index is 3.03. The maximum absolute atomic E-state index is 5.56. The van der Waals surface area contributed by atoms with Crippen LogP contribution >= 0.6 is 0 Å². The van der Waals surface area contributed by atoms with Gasteiger partial charge in [0.25, 0.3) is 0 Å². The van der Waals surface area contributed by atoms with Crippen LogP contribution in [-0.4, -0.2) is 91.4 Å². The molecule has 0 fully saturated rings. The molecule has 7 nitrogen and oxygen atoms in total. The Morgan fingerprint density at radius 1 is 0.593 bits per heavy atom. The van der Waals surface area contributed by atoms with Crippen molar-refractivity contribution in [1.82, 2.24) is 5.32 Å². The van der Waals surface area contributed by atoms with Crippen LogP contribution in [0.5, 0.6) is 0 Å². The lowest BCUT2D eigenvalue weighted by Gasteiger charge is -2.19. The number of ether oxygens (including phenoxy) is 6. The molecule has 0 rings (SSSR count). The van der Waals surface area contributed by atoms with Crippen molar-refractivity contribution in [2.45, 2.75) is 40.2 Å². The highest BCUT2D eigenvalue weighted by Gasteiger charge is 2.08. The standard InChI is InChI=1S/C20H43NO6/c1-19(2)18-21-6-7-22-8-9-23-10-11-24-12-13-25-14-15-26-16-17-27-20(3,4)5/h19,21H,6-18H2,1-5H3. The van der Waals surface area contributed by atoms with Crippen molar-refractivity contribution < 1.29 is 28.4 Å². The molecule has 27 heavy (non-hydrogen) atoms. The molecular formula is C20H43NO6. The van der Waals surface area contributed by atoms with E-state index in [-0.39, 0.29) is 5.60 Å². The third-order valence-electron chi connectivity index (χ3n) is 3.23. The second kappa shape index (κ2) is 19.1. The van der Waals surface area contributed by atoms with Crippen molar-refractivity contribution in [1.29, 1.82) is 0 Å². The second-order valence-corrected chi connectivity index (χ2v) is 7.62. The Kier molecular flexibility index (Phi) is 18.9. The van der Waals surface area contributed by atoms with Crippen molar-refractivity contribution in [3.8, 4) is 0 Å². The molecule has 0 unspecified atom stereocenters. The van der Waals surface area contributed by atoms with Crippen LogP contribution in [0.15, 0.2) is 0 Å². The number of hydrogen-bond donors (Lipinski definition) is 1. The zero-order valence-electron chi connectivity index (χ0n) is 18.2. The van der Waals surface area contributed by atoms with Crippen molar-refractivity contribution in [2.24, 2.45) is 5.92 Å². The minimum atomic E-state index is -0.113. The maximum Gasteiger partial charge on any atom is 0.0707 e. The van der Waals surface area contributed by atoms with E-state index in [1.807, 2.05) is 20.8 Å². The summed E-state index contributed by atoms with van der Waals surface area (Å²) in [6.07, 6.45) is 0. The molecule has 0 heterocycles. The van der Waals surface area contributed by atoms with Crippen molar-refractivity contribution in [3.63, 3.8) is 0 Å². The normalized spacial score (nSPS) is 12.2. The molecule has 0 saturated carbocycles. The van der Waals surface area contributed by atoms with E-state index in [2.05, 4.69) is 19.2 Å². The molecule has 0 saturated heterocycles. The van der Waals surface area contributed by atoms with Crippen LogP contribution in [0.1, 0.15) is 34.6 Å². The van der Waals surface area contributed by atoms with Crippen molar-refractivity contribution >= 4 is 0 Å². The average Bonchev–Trinajstić information content (AvgIpc) is 2.58. The number of rotatable bonds is 20. The Morgan fingerprint density at radius 2 is 0.963 bits per heavy atom. The van der Waals surface area contributed by atoms with E-state index in [0.29, 0.717) is 72.0 Å². The van der Waals surface area contributed by atoms with E-state index < -0.39 is 0 Å². The first-order chi connectivity index (χ1) is 12.9. The topological polar surface area (TPSA) is 67.4 Å². The van der Waals surface area contributed by atoms with Gasteiger partial charge < -0.3 is 33.7 Å². The van der Waals surface area contributed by atoms with Gasteiger partial charge in [-0.15, -0.1) is 0 Å². The fraction of sp³-hybridized carbons (Fsp3) is 1.00. The van der Waals surface area contributed by atoms with Gasteiger partial charge in [0.05, 0.1) is 78.3 Å². The highest BCUT2D eigenvalue weighted by molar-refractivity contribution is 4.57. The van der Waals surface area contributed by atoms with E-state index >= 15 is 0 Å². The lowest BCUT2D eigenvalue weighted by atomic mass is 10.2. The summed E-state index contributed by atoms with van der Waals surface area (Å²) in [6.45, 7) is 18.9. The molecule has 0 amide bonds. The van der Waals surface area contributed by atoms with Gasteiger partial charge in [-0.25, -0.2) is 0 Å². The van der Waals surface area contributed by atoms with E-state index in [1.165, 1.54) is 0 Å². The molecule has 0 atom stereocenters. The average molecular weight is 394 g/mol. The van der Waals surface area contributed by atoms with Gasteiger partial charge in [-0.1, -0.05) is 13.8 Å². The Labute approximate surface area is 166 Å². The Hall–Kier alpha value is -0.280. The number of nitrogens with one attached hydrogen (secondary N) is 1. The van der Waals surface area contributed by atoms with Crippen LogP contribution in [0.3, 0.4) is 0 Å². The number of hydrogen-bond acceptors (Lipinski definition) is 7. The predicted octanol–water partition coefficient (Wildman–Crippen LogP) is 2.13. The molecule has 164 valence electrons. The fourth-order valence-corrected chi connectivity index (χ4v) is 1.92. The van der Waals surface area contributed by atoms with Gasteiger partial charge in [0.1, 0.15) is 0 Å². The third-order valence-corrected chi connectivity index (χ3v) is 3.23. The van der Waals surface area contributed by atoms with Crippen LogP contribution < -0.4 is 5.32 Å². The first kappa shape index (κ1) is 26.7. The summed E-state index contributed by atoms with van der Waals surface area (Å²) in [5, 5.41) is 3.33. The first-order valence-corrected chi connectivity index (χ1v) is 10.1. The molecule has 1 N–H and O–H groups in total. The summed E-state index contributed by atoms with van der Waals surface area (Å²) in [5.41, 5.74) is -0.113. The van der Waals surface area contributed by atoms with Crippen LogP contribution in [0.4, 0.5) is 0 Å². The van der Waals surface area contributed by atoms with Crippen LogP contribution in [0.25, 0.3) is 0 Å². The molecular weight excluding hydrogens is 350 g/mol. The molecule has 0 aliphatic heterocycles. The van der Waals surface area contributed by atoms with Crippen molar-refractivity contribution in [3.05, 3.63) is 0 Å². The highest BCUT2D eigenvalue weighted by Crippen LogP contribution is 2.05. The Bertz CT molecular complexity index is 297. The van der Waals surface area contributed by atoms with Crippen LogP contribution in [0, 0.1) is 5.92 Å². The summed E-state index contributed by atoms with van der Waals surface area (Å²) in [7, 11) is 0. The third kappa shape index (κ3) is 25.7. The van der Waals surface area contributed by atoms with Gasteiger partial charge >= 0.3 is 0 Å². The van der Waals surface area contributed by atoms with Gasteiger partial charge in [-0.2, -0.15) is 0 Å². The van der Waals surface area contributed by atoms with Gasteiger partial charge in [0, 0.05) is 6.54 Å². The van der Waals surface area contributed by atoms with Gasteiger partial charge in [-0.3, -0.25) is 0 Å². The van der Waals surface area contributed by atoms with Crippen molar-refractivity contribution in [2.75, 3.05) is 85.8 Å². The van der Waals surface area contributed by atoms with Gasteiger partial charge in [-0.05, 0) is 33.2 Å². The summed E-state index contributed by atoms with van der Waals surface area (Å²) < 4.78 is 32.8. The van der Waals surface area contributed by atoms with Gasteiger partial charge in [0.15, 0.2) is 0 Å². The second-order valence-electron chi connectivity index (χ2n) is 7.62. The predicted molar refractivity (Wildman–Crippen MR) is 108 cm³/mol. The molecule has 0 aliphatic carbocycles. The molecule has 0 radical (unpaired) electrons.